The van der Waals surface area contributed by atoms with Crippen LogP contribution in [-0.4, -0.2) is 27.5 Å². The van der Waals surface area contributed by atoms with Crippen LogP contribution < -0.4 is 5.32 Å². The number of carbonyl (C=O) groups is 1. The van der Waals surface area contributed by atoms with Crippen LogP contribution >= 0.6 is 34.8 Å². The molecule has 0 aromatic rings. The van der Waals surface area contributed by atoms with E-state index in [9.17, 15) is 9.18 Å². The molecule has 88 valence electrons. The zero-order valence-corrected chi connectivity index (χ0v) is 10.2. The van der Waals surface area contributed by atoms with Gasteiger partial charge in [0.1, 0.15) is 5.83 Å². The van der Waals surface area contributed by atoms with Crippen molar-refractivity contribution in [2.45, 2.75) is 23.2 Å². The van der Waals surface area contributed by atoms with E-state index in [1.165, 1.54) is 6.92 Å². The van der Waals surface area contributed by atoms with E-state index in [-0.39, 0.29) is 13.0 Å². The summed E-state index contributed by atoms with van der Waals surface area (Å²) < 4.78 is 11.0. The molecule has 0 fully saturated rings. The van der Waals surface area contributed by atoms with Crippen molar-refractivity contribution in [1.29, 1.82) is 0 Å². The second kappa shape index (κ2) is 6.53. The number of hydrogen-bond donors (Lipinski definition) is 2. The number of halogens is 4. The summed E-state index contributed by atoms with van der Waals surface area (Å²) in [5.74, 6) is -1.49. The summed E-state index contributed by atoms with van der Waals surface area (Å²) in [5, 5.41) is 10.6. The van der Waals surface area contributed by atoms with Crippen LogP contribution in [0.4, 0.5) is 4.39 Å². The third kappa shape index (κ3) is 6.20. The van der Waals surface area contributed by atoms with E-state index in [1.54, 1.807) is 0 Å². The van der Waals surface area contributed by atoms with Crippen LogP contribution in [0.2, 0.25) is 0 Å². The molecule has 0 saturated heterocycles. The molecule has 0 aromatic heterocycles. The summed E-state index contributed by atoms with van der Waals surface area (Å²) in [6, 6.07) is -0.889. The average Bonchev–Trinajstić information content (AvgIpc) is 2.12. The number of rotatable bonds is 4. The van der Waals surface area contributed by atoms with Crippen LogP contribution in [0.15, 0.2) is 11.9 Å². The van der Waals surface area contributed by atoms with Gasteiger partial charge in [0.2, 0.25) is 0 Å². The van der Waals surface area contributed by atoms with Crippen LogP contribution in [0.1, 0.15) is 13.3 Å². The normalized spacial score (nSPS) is 14.9. The minimum Gasteiger partial charge on any atom is -0.396 e. The van der Waals surface area contributed by atoms with Crippen LogP contribution in [0.25, 0.3) is 0 Å². The molecule has 7 heteroatoms. The van der Waals surface area contributed by atoms with Crippen LogP contribution in [0, 0.1) is 0 Å². The molecule has 0 saturated carbocycles. The standard InChI is InChI=1S/C8H11Cl3FNO2/c1-5(6(12)3-2-4-14)13-7(15)8(9,10)11/h3,5,14H,2,4H2,1H3,(H,13,15)/b6-3+. The Morgan fingerprint density at radius 3 is 2.53 bits per heavy atom. The first kappa shape index (κ1) is 15.0. The first-order valence-corrected chi connectivity index (χ1v) is 5.26. The van der Waals surface area contributed by atoms with E-state index in [0.29, 0.717) is 0 Å². The second-order valence-electron chi connectivity index (χ2n) is 2.79. The van der Waals surface area contributed by atoms with Gasteiger partial charge >= 0.3 is 0 Å². The molecular weight excluding hydrogens is 267 g/mol. The highest BCUT2D eigenvalue weighted by Gasteiger charge is 2.31. The van der Waals surface area contributed by atoms with Gasteiger partial charge in [-0.15, -0.1) is 0 Å². The molecule has 1 unspecified atom stereocenters. The van der Waals surface area contributed by atoms with Gasteiger partial charge in [0, 0.05) is 6.61 Å². The highest BCUT2D eigenvalue weighted by molar-refractivity contribution is 6.76. The van der Waals surface area contributed by atoms with Crippen molar-refractivity contribution in [3.05, 3.63) is 11.9 Å². The van der Waals surface area contributed by atoms with Crippen molar-refractivity contribution in [3.63, 3.8) is 0 Å². The van der Waals surface area contributed by atoms with E-state index in [2.05, 4.69) is 5.32 Å². The fraction of sp³-hybridized carbons (Fsp3) is 0.625. The summed E-state index contributed by atoms with van der Waals surface area (Å²) in [7, 11) is 0. The third-order valence-corrected chi connectivity index (χ3v) is 2.00. The number of amides is 1. The Kier molecular flexibility index (Phi) is 6.52. The molecule has 0 aromatic carbocycles. The maximum Gasteiger partial charge on any atom is 0.272 e. The molecule has 15 heavy (non-hydrogen) atoms. The smallest absolute Gasteiger partial charge is 0.272 e. The Labute approximate surface area is 102 Å². The van der Waals surface area contributed by atoms with Gasteiger partial charge in [-0.05, 0) is 19.4 Å². The molecule has 1 atom stereocenters. The predicted octanol–water partition coefficient (Wildman–Crippen LogP) is 2.10. The van der Waals surface area contributed by atoms with Gasteiger partial charge in [-0.1, -0.05) is 34.8 Å². The SMILES string of the molecule is CC(NC(=O)C(Cl)(Cl)Cl)/C(F)=C\CCO. The van der Waals surface area contributed by atoms with Crippen molar-refractivity contribution in [3.8, 4) is 0 Å². The zero-order valence-electron chi connectivity index (χ0n) is 7.94. The van der Waals surface area contributed by atoms with Crippen LogP contribution in [0.3, 0.4) is 0 Å². The molecular formula is C8H11Cl3FNO2. The second-order valence-corrected chi connectivity index (χ2v) is 5.08. The Morgan fingerprint density at radius 2 is 2.13 bits per heavy atom. The lowest BCUT2D eigenvalue weighted by molar-refractivity contribution is -0.120. The van der Waals surface area contributed by atoms with Crippen LogP contribution in [-0.2, 0) is 4.79 Å². The molecule has 3 nitrogen and oxygen atoms in total. The molecule has 0 bridgehead atoms. The van der Waals surface area contributed by atoms with Crippen molar-refractivity contribution >= 4 is 40.7 Å². The fourth-order valence-corrected chi connectivity index (χ4v) is 0.890. The molecule has 0 spiro atoms. The lowest BCUT2D eigenvalue weighted by atomic mass is 10.2. The maximum absolute atomic E-state index is 13.1. The minimum absolute atomic E-state index is 0.166. The van der Waals surface area contributed by atoms with Gasteiger partial charge in [0.05, 0.1) is 6.04 Å². The Hall–Kier alpha value is -0.0300. The molecule has 0 aliphatic heterocycles. The van der Waals surface area contributed by atoms with E-state index >= 15 is 0 Å². The van der Waals surface area contributed by atoms with E-state index in [1.807, 2.05) is 0 Å². The molecule has 1 amide bonds. The van der Waals surface area contributed by atoms with Crippen LogP contribution in [0.5, 0.6) is 0 Å². The fourth-order valence-electron chi connectivity index (χ4n) is 0.727. The van der Waals surface area contributed by atoms with E-state index in [4.69, 9.17) is 39.9 Å². The average molecular weight is 279 g/mol. The van der Waals surface area contributed by atoms with Crippen molar-refractivity contribution < 1.29 is 14.3 Å². The van der Waals surface area contributed by atoms with Crippen molar-refractivity contribution in [2.75, 3.05) is 6.61 Å². The van der Waals surface area contributed by atoms with Gasteiger partial charge < -0.3 is 10.4 Å². The summed E-state index contributed by atoms with van der Waals surface area (Å²) in [5.41, 5.74) is 0. The topological polar surface area (TPSA) is 49.3 Å². The highest BCUT2D eigenvalue weighted by atomic mass is 35.6. The predicted molar refractivity (Wildman–Crippen MR) is 58.8 cm³/mol. The van der Waals surface area contributed by atoms with Crippen molar-refractivity contribution in [2.24, 2.45) is 0 Å². The van der Waals surface area contributed by atoms with E-state index < -0.39 is 21.6 Å². The molecule has 0 rings (SSSR count). The number of hydrogen-bond acceptors (Lipinski definition) is 2. The van der Waals surface area contributed by atoms with E-state index in [0.717, 1.165) is 6.08 Å². The third-order valence-electron chi connectivity index (χ3n) is 1.49. The molecule has 0 heterocycles. The maximum atomic E-state index is 13.1. The minimum atomic E-state index is -2.11. The summed E-state index contributed by atoms with van der Waals surface area (Å²) in [4.78, 5) is 11.1. The molecule has 0 radical (unpaired) electrons. The number of aliphatic hydroxyl groups is 1. The molecule has 0 aliphatic rings. The Bertz CT molecular complexity index is 253. The number of aliphatic hydroxyl groups excluding tert-OH is 1. The van der Waals surface area contributed by atoms with Gasteiger partial charge in [-0.25, -0.2) is 4.39 Å². The first-order chi connectivity index (χ1) is 6.79. The van der Waals surface area contributed by atoms with Gasteiger partial charge in [0.25, 0.3) is 9.70 Å². The number of alkyl halides is 3. The lowest BCUT2D eigenvalue weighted by Crippen LogP contribution is -2.40. The zero-order chi connectivity index (χ0) is 12.1. The summed E-state index contributed by atoms with van der Waals surface area (Å²) >= 11 is 15.8. The quantitative estimate of drug-likeness (QED) is 0.774. The number of carbonyl (C=O) groups excluding carboxylic acids is 1. The summed E-state index contributed by atoms with van der Waals surface area (Å²) in [6.45, 7) is 1.23. The monoisotopic (exact) mass is 277 g/mol. The molecule has 2 N–H and O–H groups in total. The highest BCUT2D eigenvalue weighted by Crippen LogP contribution is 2.26. The number of nitrogens with one attached hydrogen (secondary N) is 1. The Balaban J connectivity index is 4.25. The summed E-state index contributed by atoms with van der Waals surface area (Å²) in [6.07, 6.45) is 1.32. The van der Waals surface area contributed by atoms with Crippen molar-refractivity contribution in [1.82, 2.24) is 5.32 Å². The Morgan fingerprint density at radius 1 is 1.60 bits per heavy atom. The van der Waals surface area contributed by atoms with Gasteiger partial charge in [-0.3, -0.25) is 4.79 Å². The van der Waals surface area contributed by atoms with Gasteiger partial charge in [0.15, 0.2) is 0 Å². The van der Waals surface area contributed by atoms with Gasteiger partial charge in [-0.2, -0.15) is 0 Å². The largest absolute Gasteiger partial charge is 0.396 e. The lowest BCUT2D eigenvalue weighted by Gasteiger charge is -2.16. The molecule has 0 aliphatic carbocycles. The first-order valence-electron chi connectivity index (χ1n) is 4.13.